The van der Waals surface area contributed by atoms with Crippen molar-refractivity contribution in [3.63, 3.8) is 0 Å². The molecule has 0 aliphatic rings. The Morgan fingerprint density at radius 3 is 2.27 bits per heavy atom. The fraction of sp³-hybridized carbons (Fsp3) is 0.318. The number of rotatable bonds is 9. The molecule has 0 fully saturated rings. The van der Waals surface area contributed by atoms with Crippen LogP contribution in [0.3, 0.4) is 0 Å². The summed E-state index contributed by atoms with van der Waals surface area (Å²) in [5, 5.41) is 5.08. The summed E-state index contributed by atoms with van der Waals surface area (Å²) >= 11 is 5.99. The molecule has 0 unspecified atom stereocenters. The second kappa shape index (κ2) is 11.3. The molecule has 2 aromatic rings. The summed E-state index contributed by atoms with van der Waals surface area (Å²) in [4.78, 5) is 37.0. The highest BCUT2D eigenvalue weighted by molar-refractivity contribution is 7.89. The van der Waals surface area contributed by atoms with Crippen LogP contribution in [0.15, 0.2) is 53.4 Å². The first-order chi connectivity index (χ1) is 15.4. The Labute approximate surface area is 198 Å². The topological polar surface area (TPSA) is 122 Å². The zero-order chi connectivity index (χ0) is 24.8. The highest BCUT2D eigenvalue weighted by Gasteiger charge is 2.27. The Kier molecular flexibility index (Phi) is 8.98. The third-order valence-corrected chi connectivity index (χ3v) is 6.86. The Morgan fingerprint density at radius 2 is 1.70 bits per heavy atom. The van der Waals surface area contributed by atoms with Gasteiger partial charge in [0.2, 0.25) is 10.0 Å². The second-order valence-electron chi connectivity index (χ2n) is 7.65. The van der Waals surface area contributed by atoms with Gasteiger partial charge >= 0.3 is 5.97 Å². The first-order valence-corrected chi connectivity index (χ1v) is 11.8. The van der Waals surface area contributed by atoms with E-state index in [-0.39, 0.29) is 21.5 Å². The summed E-state index contributed by atoms with van der Waals surface area (Å²) in [7, 11) is -1.10. The highest BCUT2D eigenvalue weighted by atomic mass is 35.5. The molecule has 0 bridgehead atoms. The number of benzene rings is 2. The quantitative estimate of drug-likeness (QED) is 0.515. The number of hydrogen-bond acceptors (Lipinski definition) is 6. The molecule has 1 atom stereocenters. The fourth-order valence-corrected chi connectivity index (χ4v) is 4.10. The largest absolute Gasteiger partial charge is 0.454 e. The van der Waals surface area contributed by atoms with Crippen molar-refractivity contribution >= 4 is 45.1 Å². The van der Waals surface area contributed by atoms with E-state index in [9.17, 15) is 22.8 Å². The van der Waals surface area contributed by atoms with Crippen molar-refractivity contribution in [2.24, 2.45) is 5.92 Å². The molecule has 0 heterocycles. The van der Waals surface area contributed by atoms with Crippen LogP contribution >= 0.6 is 11.6 Å². The number of ether oxygens (including phenoxy) is 1. The Hall–Kier alpha value is -2.95. The van der Waals surface area contributed by atoms with E-state index in [4.69, 9.17) is 16.3 Å². The van der Waals surface area contributed by atoms with Gasteiger partial charge in [0.05, 0.1) is 5.02 Å². The normalized spacial score (nSPS) is 12.3. The van der Waals surface area contributed by atoms with Crippen LogP contribution in [-0.2, 0) is 24.3 Å². The molecule has 0 saturated carbocycles. The maximum Gasteiger partial charge on any atom is 0.329 e. The van der Waals surface area contributed by atoms with Crippen LogP contribution in [0.4, 0.5) is 5.69 Å². The maximum absolute atomic E-state index is 12.5. The Balaban J connectivity index is 2.01. The Morgan fingerprint density at radius 1 is 1.06 bits per heavy atom. The van der Waals surface area contributed by atoms with E-state index in [1.165, 1.54) is 32.3 Å². The molecule has 11 heteroatoms. The molecule has 9 nitrogen and oxygen atoms in total. The first-order valence-electron chi connectivity index (χ1n) is 9.98. The predicted octanol–water partition coefficient (Wildman–Crippen LogP) is 2.53. The van der Waals surface area contributed by atoms with Crippen LogP contribution in [0.25, 0.3) is 0 Å². The van der Waals surface area contributed by atoms with E-state index in [0.29, 0.717) is 5.56 Å². The van der Waals surface area contributed by atoms with Crippen molar-refractivity contribution in [2.75, 3.05) is 26.0 Å². The van der Waals surface area contributed by atoms with Crippen LogP contribution in [0, 0.1) is 5.92 Å². The van der Waals surface area contributed by atoms with Crippen LogP contribution in [0.5, 0.6) is 0 Å². The summed E-state index contributed by atoms with van der Waals surface area (Å²) in [6.07, 6.45) is 0. The third kappa shape index (κ3) is 7.01. The van der Waals surface area contributed by atoms with Gasteiger partial charge in [-0.15, -0.1) is 0 Å². The maximum atomic E-state index is 12.5. The molecule has 0 aliphatic heterocycles. The summed E-state index contributed by atoms with van der Waals surface area (Å²) < 4.78 is 30.8. The number of sulfonamides is 1. The zero-order valence-electron chi connectivity index (χ0n) is 18.7. The number of hydrogen-bond donors (Lipinski definition) is 2. The summed E-state index contributed by atoms with van der Waals surface area (Å²) in [5.41, 5.74) is 0.554. The molecular formula is C22H26ClN3O6S. The van der Waals surface area contributed by atoms with Gasteiger partial charge in [-0.2, -0.15) is 0 Å². The number of carbonyl (C=O) groups is 3. The van der Waals surface area contributed by atoms with Gasteiger partial charge in [0.1, 0.15) is 10.9 Å². The molecule has 178 valence electrons. The van der Waals surface area contributed by atoms with Gasteiger partial charge in [-0.3, -0.25) is 9.59 Å². The average Bonchev–Trinajstić information content (AvgIpc) is 2.77. The van der Waals surface area contributed by atoms with E-state index >= 15 is 0 Å². The lowest BCUT2D eigenvalue weighted by atomic mass is 10.0. The summed E-state index contributed by atoms with van der Waals surface area (Å²) in [6, 6.07) is 11.4. The van der Waals surface area contributed by atoms with Gasteiger partial charge in [-0.25, -0.2) is 17.5 Å². The first kappa shape index (κ1) is 26.3. The van der Waals surface area contributed by atoms with Crippen molar-refractivity contribution in [1.82, 2.24) is 9.62 Å². The number of amides is 2. The van der Waals surface area contributed by atoms with Gasteiger partial charge in [0.15, 0.2) is 6.61 Å². The van der Waals surface area contributed by atoms with E-state index in [0.717, 1.165) is 4.31 Å². The average molecular weight is 496 g/mol. The molecule has 2 aromatic carbocycles. The summed E-state index contributed by atoms with van der Waals surface area (Å²) in [6.45, 7) is 2.84. The van der Waals surface area contributed by atoms with Crippen molar-refractivity contribution in [3.05, 3.63) is 59.1 Å². The third-order valence-electron chi connectivity index (χ3n) is 4.56. The molecule has 0 aromatic heterocycles. The Bertz CT molecular complexity index is 1120. The van der Waals surface area contributed by atoms with E-state index in [2.05, 4.69) is 10.6 Å². The van der Waals surface area contributed by atoms with Crippen LogP contribution in [0.2, 0.25) is 5.02 Å². The minimum atomic E-state index is -3.82. The molecule has 2 amide bonds. The van der Waals surface area contributed by atoms with E-state index < -0.39 is 40.5 Å². The van der Waals surface area contributed by atoms with Crippen LogP contribution in [0.1, 0.15) is 24.2 Å². The molecular weight excluding hydrogens is 470 g/mol. The number of esters is 1. The highest BCUT2D eigenvalue weighted by Crippen LogP contribution is 2.26. The van der Waals surface area contributed by atoms with Gasteiger partial charge < -0.3 is 15.4 Å². The van der Waals surface area contributed by atoms with Crippen molar-refractivity contribution in [1.29, 1.82) is 0 Å². The lowest BCUT2D eigenvalue weighted by Gasteiger charge is -2.21. The minimum absolute atomic E-state index is 0.00191. The lowest BCUT2D eigenvalue weighted by Crippen LogP contribution is -2.45. The predicted molar refractivity (Wildman–Crippen MR) is 124 cm³/mol. The van der Waals surface area contributed by atoms with Crippen LogP contribution < -0.4 is 10.6 Å². The lowest BCUT2D eigenvalue weighted by molar-refractivity contribution is -0.150. The number of nitrogens with zero attached hydrogens (tertiary/aromatic N) is 1. The van der Waals surface area contributed by atoms with E-state index in [1.54, 1.807) is 44.2 Å². The molecule has 0 saturated heterocycles. The molecule has 0 spiro atoms. The monoisotopic (exact) mass is 495 g/mol. The smallest absolute Gasteiger partial charge is 0.329 e. The number of halogens is 1. The fourth-order valence-electron chi connectivity index (χ4n) is 2.71. The van der Waals surface area contributed by atoms with Gasteiger partial charge in [-0.1, -0.05) is 43.6 Å². The van der Waals surface area contributed by atoms with Crippen molar-refractivity contribution in [3.8, 4) is 0 Å². The van der Waals surface area contributed by atoms with E-state index in [1.807, 2.05) is 0 Å². The SMILES string of the molecule is CC(C)[C@H](NC(=O)c1ccccc1)C(=O)OCC(=O)Nc1ccc(Cl)c(S(=O)(=O)N(C)C)c1. The molecule has 2 rings (SSSR count). The zero-order valence-corrected chi connectivity index (χ0v) is 20.2. The molecule has 0 aliphatic carbocycles. The standard InChI is InChI=1S/C22H26ClN3O6S/c1-14(2)20(25-21(28)15-8-6-5-7-9-15)22(29)32-13-19(27)24-16-10-11-17(23)18(12-16)33(30,31)26(3)4/h5-12,14,20H,13H2,1-4H3,(H,24,27)(H,25,28)/t20-/m0/s1. The summed E-state index contributed by atoms with van der Waals surface area (Å²) in [5.74, 6) is -2.18. The molecule has 33 heavy (non-hydrogen) atoms. The molecule has 2 N–H and O–H groups in total. The van der Waals surface area contributed by atoms with Crippen molar-refractivity contribution < 1.29 is 27.5 Å². The number of nitrogens with one attached hydrogen (secondary N) is 2. The van der Waals surface area contributed by atoms with Gasteiger partial charge in [0.25, 0.3) is 11.8 Å². The van der Waals surface area contributed by atoms with Crippen molar-refractivity contribution in [2.45, 2.75) is 24.8 Å². The molecule has 0 radical (unpaired) electrons. The van der Waals surface area contributed by atoms with Gasteiger partial charge in [0, 0.05) is 25.3 Å². The number of carbonyl (C=O) groups excluding carboxylic acids is 3. The van der Waals surface area contributed by atoms with Crippen LogP contribution in [-0.4, -0.2) is 57.3 Å². The number of anilines is 1. The minimum Gasteiger partial charge on any atom is -0.454 e. The second-order valence-corrected chi connectivity index (χ2v) is 10.2. The van der Waals surface area contributed by atoms with Gasteiger partial charge in [-0.05, 0) is 36.2 Å².